The van der Waals surface area contributed by atoms with E-state index in [2.05, 4.69) is 13.0 Å². The molecule has 1 heteroatoms. The number of hydrogen-bond acceptors (Lipinski definition) is 1. The van der Waals surface area contributed by atoms with Crippen molar-refractivity contribution >= 4 is 0 Å². The molecular formula is C11H15O. The first-order chi connectivity index (χ1) is 5.84. The van der Waals surface area contributed by atoms with E-state index in [0.717, 1.165) is 24.8 Å². The Morgan fingerprint density at radius 1 is 1.50 bits per heavy atom. The van der Waals surface area contributed by atoms with Gasteiger partial charge in [0.1, 0.15) is 0 Å². The Bertz CT molecular complexity index is 206. The van der Waals surface area contributed by atoms with Crippen LogP contribution in [0.2, 0.25) is 0 Å². The van der Waals surface area contributed by atoms with Crippen molar-refractivity contribution in [3.05, 3.63) is 35.9 Å². The van der Waals surface area contributed by atoms with Crippen LogP contribution < -0.4 is 0 Å². The standard InChI is InChI=1S/C11H15O/c1-2-3-9-11(12)10-7-5-4-6-8-10/h4-7,11-12H,2-3,9H2,1H3. The van der Waals surface area contributed by atoms with Gasteiger partial charge < -0.3 is 5.11 Å². The quantitative estimate of drug-likeness (QED) is 0.723. The van der Waals surface area contributed by atoms with E-state index in [1.54, 1.807) is 0 Å². The summed E-state index contributed by atoms with van der Waals surface area (Å²) in [5, 5.41) is 9.62. The molecule has 1 atom stereocenters. The first-order valence-corrected chi connectivity index (χ1v) is 4.49. The lowest BCUT2D eigenvalue weighted by Gasteiger charge is -2.08. The fourth-order valence-corrected chi connectivity index (χ4v) is 1.17. The van der Waals surface area contributed by atoms with E-state index in [1.165, 1.54) is 0 Å². The molecule has 12 heavy (non-hydrogen) atoms. The van der Waals surface area contributed by atoms with Gasteiger partial charge in [0, 0.05) is 0 Å². The molecule has 1 N–H and O–H groups in total. The normalized spacial score (nSPS) is 12.8. The topological polar surface area (TPSA) is 20.2 Å². The van der Waals surface area contributed by atoms with Gasteiger partial charge in [-0.05, 0) is 18.1 Å². The van der Waals surface area contributed by atoms with Crippen molar-refractivity contribution in [2.45, 2.75) is 32.3 Å². The Balaban J connectivity index is 2.48. The molecule has 0 heterocycles. The van der Waals surface area contributed by atoms with Crippen molar-refractivity contribution in [1.82, 2.24) is 0 Å². The zero-order valence-corrected chi connectivity index (χ0v) is 7.46. The highest BCUT2D eigenvalue weighted by molar-refractivity contribution is 5.15. The molecule has 0 saturated heterocycles. The van der Waals surface area contributed by atoms with E-state index in [9.17, 15) is 5.11 Å². The number of hydrogen-bond donors (Lipinski definition) is 1. The van der Waals surface area contributed by atoms with Gasteiger partial charge >= 0.3 is 0 Å². The Labute approximate surface area is 74.1 Å². The first-order valence-electron chi connectivity index (χ1n) is 4.49. The zero-order chi connectivity index (χ0) is 8.81. The maximum atomic E-state index is 9.62. The van der Waals surface area contributed by atoms with Crippen LogP contribution in [0.4, 0.5) is 0 Å². The minimum absolute atomic E-state index is 0.328. The monoisotopic (exact) mass is 163 g/mol. The third-order valence-corrected chi connectivity index (χ3v) is 1.92. The highest BCUT2D eigenvalue weighted by Crippen LogP contribution is 2.17. The van der Waals surface area contributed by atoms with E-state index in [0.29, 0.717) is 0 Å². The van der Waals surface area contributed by atoms with Gasteiger partial charge in [-0.15, -0.1) is 0 Å². The zero-order valence-electron chi connectivity index (χ0n) is 7.46. The van der Waals surface area contributed by atoms with Gasteiger partial charge in [0.05, 0.1) is 6.10 Å². The molecule has 1 rings (SSSR count). The summed E-state index contributed by atoms with van der Waals surface area (Å²) in [5.74, 6) is 0. The molecule has 0 fully saturated rings. The van der Waals surface area contributed by atoms with Crippen LogP contribution >= 0.6 is 0 Å². The summed E-state index contributed by atoms with van der Waals surface area (Å²) < 4.78 is 0. The molecule has 0 bridgehead atoms. The van der Waals surface area contributed by atoms with Crippen LogP contribution in [0.1, 0.15) is 37.9 Å². The highest BCUT2D eigenvalue weighted by atomic mass is 16.3. The number of unbranched alkanes of at least 4 members (excludes halogenated alkanes) is 1. The van der Waals surface area contributed by atoms with Crippen molar-refractivity contribution in [3.8, 4) is 0 Å². The highest BCUT2D eigenvalue weighted by Gasteiger charge is 2.04. The van der Waals surface area contributed by atoms with Crippen molar-refractivity contribution in [2.24, 2.45) is 0 Å². The molecule has 0 aliphatic heterocycles. The molecule has 1 aromatic carbocycles. The van der Waals surface area contributed by atoms with Gasteiger partial charge in [-0.2, -0.15) is 0 Å². The van der Waals surface area contributed by atoms with E-state index in [4.69, 9.17) is 0 Å². The molecule has 0 amide bonds. The summed E-state index contributed by atoms with van der Waals surface area (Å²) in [6.45, 7) is 2.13. The SMILES string of the molecule is CCCCC(O)c1[c]cccc1. The van der Waals surface area contributed by atoms with Gasteiger partial charge in [0.15, 0.2) is 0 Å². The molecule has 0 aliphatic carbocycles. The third-order valence-electron chi connectivity index (χ3n) is 1.92. The lowest BCUT2D eigenvalue weighted by atomic mass is 10.0. The fraction of sp³-hybridized carbons (Fsp3) is 0.455. The van der Waals surface area contributed by atoms with Crippen LogP contribution in [-0.2, 0) is 0 Å². The number of rotatable bonds is 4. The fourth-order valence-electron chi connectivity index (χ4n) is 1.17. The van der Waals surface area contributed by atoms with Crippen LogP contribution in [0.25, 0.3) is 0 Å². The second-order valence-corrected chi connectivity index (χ2v) is 2.98. The van der Waals surface area contributed by atoms with Crippen LogP contribution in [-0.4, -0.2) is 5.11 Å². The molecule has 1 nitrogen and oxygen atoms in total. The maximum absolute atomic E-state index is 9.62. The summed E-state index contributed by atoms with van der Waals surface area (Å²) in [7, 11) is 0. The van der Waals surface area contributed by atoms with Crippen LogP contribution in [0.3, 0.4) is 0 Å². The molecule has 1 aromatic rings. The summed E-state index contributed by atoms with van der Waals surface area (Å²) in [5.41, 5.74) is 0.908. The predicted octanol–water partition coefficient (Wildman–Crippen LogP) is 2.71. The summed E-state index contributed by atoms with van der Waals surface area (Å²) >= 11 is 0. The summed E-state index contributed by atoms with van der Waals surface area (Å²) in [4.78, 5) is 0. The van der Waals surface area contributed by atoms with Gasteiger partial charge in [0.2, 0.25) is 0 Å². The Hall–Kier alpha value is -0.820. The van der Waals surface area contributed by atoms with Crippen molar-refractivity contribution in [1.29, 1.82) is 0 Å². The van der Waals surface area contributed by atoms with Crippen molar-refractivity contribution < 1.29 is 5.11 Å². The van der Waals surface area contributed by atoms with Gasteiger partial charge in [-0.25, -0.2) is 0 Å². The molecule has 1 unspecified atom stereocenters. The average Bonchev–Trinajstić information content (AvgIpc) is 2.15. The Kier molecular flexibility index (Phi) is 3.81. The molecule has 0 aromatic heterocycles. The van der Waals surface area contributed by atoms with Crippen molar-refractivity contribution in [2.75, 3.05) is 0 Å². The second-order valence-electron chi connectivity index (χ2n) is 2.98. The Morgan fingerprint density at radius 2 is 2.33 bits per heavy atom. The number of aliphatic hydroxyl groups is 1. The predicted molar refractivity (Wildman–Crippen MR) is 49.8 cm³/mol. The van der Waals surface area contributed by atoms with Gasteiger partial charge in [0.25, 0.3) is 0 Å². The minimum atomic E-state index is -0.328. The summed E-state index contributed by atoms with van der Waals surface area (Å²) in [6, 6.07) is 10.6. The molecule has 0 aliphatic rings. The first kappa shape index (κ1) is 9.27. The second kappa shape index (κ2) is 4.94. The summed E-state index contributed by atoms with van der Waals surface area (Å²) in [6.07, 6.45) is 2.72. The van der Waals surface area contributed by atoms with Crippen LogP contribution in [0, 0.1) is 6.07 Å². The van der Waals surface area contributed by atoms with E-state index in [1.807, 2.05) is 24.3 Å². The van der Waals surface area contributed by atoms with Crippen molar-refractivity contribution in [3.63, 3.8) is 0 Å². The van der Waals surface area contributed by atoms with Gasteiger partial charge in [-0.3, -0.25) is 0 Å². The third kappa shape index (κ3) is 2.67. The molecule has 0 saturated carbocycles. The molecule has 65 valence electrons. The Morgan fingerprint density at radius 3 is 2.92 bits per heavy atom. The maximum Gasteiger partial charge on any atom is 0.0796 e. The van der Waals surface area contributed by atoms with E-state index < -0.39 is 0 Å². The van der Waals surface area contributed by atoms with Crippen LogP contribution in [0.15, 0.2) is 24.3 Å². The molecule has 1 radical (unpaired) electrons. The molecule has 0 spiro atoms. The number of benzene rings is 1. The lowest BCUT2D eigenvalue weighted by molar-refractivity contribution is 0.164. The lowest BCUT2D eigenvalue weighted by Crippen LogP contribution is -1.96. The van der Waals surface area contributed by atoms with Crippen LogP contribution in [0.5, 0.6) is 0 Å². The smallest absolute Gasteiger partial charge is 0.0796 e. The largest absolute Gasteiger partial charge is 0.388 e. The van der Waals surface area contributed by atoms with E-state index >= 15 is 0 Å². The number of aliphatic hydroxyl groups excluding tert-OH is 1. The van der Waals surface area contributed by atoms with Gasteiger partial charge in [-0.1, -0.05) is 44.0 Å². The minimum Gasteiger partial charge on any atom is -0.388 e. The average molecular weight is 163 g/mol. The van der Waals surface area contributed by atoms with E-state index in [-0.39, 0.29) is 6.10 Å². The molecular weight excluding hydrogens is 148 g/mol.